The number of allylic oxidation sites excluding steroid dienone is 3. The van der Waals surface area contributed by atoms with E-state index in [-0.39, 0.29) is 0 Å². The van der Waals surface area contributed by atoms with Crippen LogP contribution in [0.15, 0.2) is 53.3 Å². The predicted octanol–water partition coefficient (Wildman–Crippen LogP) is 6.03. The highest BCUT2D eigenvalue weighted by Gasteiger charge is 2.73. The molecule has 0 aromatic heterocycles. The lowest BCUT2D eigenvalue weighted by molar-refractivity contribution is -0.289. The number of rotatable bonds is 2. The fourth-order valence-corrected chi connectivity index (χ4v) is 2.78. The van der Waals surface area contributed by atoms with Crippen molar-refractivity contribution in [1.82, 2.24) is 0 Å². The van der Waals surface area contributed by atoms with Crippen molar-refractivity contribution in [3.8, 4) is 0 Å². The third-order valence-corrected chi connectivity index (χ3v) is 4.34. The Balaban J connectivity index is 2.87. The van der Waals surface area contributed by atoms with Crippen LogP contribution in [-0.4, -0.2) is 12.4 Å². The Morgan fingerprint density at radius 3 is 1.79 bits per heavy atom. The molecule has 1 aliphatic rings. The second-order valence-electron chi connectivity index (χ2n) is 5.99. The minimum atomic E-state index is -5.55. The first kappa shape index (κ1) is 18.4. The van der Waals surface area contributed by atoms with Crippen molar-refractivity contribution in [3.63, 3.8) is 0 Å². The van der Waals surface area contributed by atoms with E-state index in [0.29, 0.717) is 11.1 Å². The average Bonchev–Trinajstić information content (AvgIpc) is 2.42. The third-order valence-electron chi connectivity index (χ3n) is 4.34. The van der Waals surface area contributed by atoms with Gasteiger partial charge in [-0.1, -0.05) is 42.8 Å². The standard InChI is InChI=1S/C18H16F6/c1-11-4-7-14(8-5-11)16(17(19,20)21,18(22,23)24)15-9-6-12(2)13(3)10-15/h4-5,7-10,13H,1-3H3. The molecule has 0 nitrogen and oxygen atoms in total. The van der Waals surface area contributed by atoms with Gasteiger partial charge < -0.3 is 0 Å². The molecular formula is C18H16F6. The Kier molecular flexibility index (Phi) is 4.49. The molecule has 0 amide bonds. The van der Waals surface area contributed by atoms with E-state index < -0.39 is 34.8 Å². The van der Waals surface area contributed by atoms with Crippen molar-refractivity contribution in [3.05, 3.63) is 64.4 Å². The molecule has 1 aromatic rings. The van der Waals surface area contributed by atoms with Gasteiger partial charge >= 0.3 is 12.4 Å². The predicted molar refractivity (Wildman–Crippen MR) is 79.5 cm³/mol. The van der Waals surface area contributed by atoms with Gasteiger partial charge in [0.05, 0.1) is 0 Å². The largest absolute Gasteiger partial charge is 0.411 e. The van der Waals surface area contributed by atoms with Crippen LogP contribution < -0.4 is 0 Å². The van der Waals surface area contributed by atoms with Crippen LogP contribution in [0.4, 0.5) is 26.3 Å². The third kappa shape index (κ3) is 2.80. The van der Waals surface area contributed by atoms with Crippen LogP contribution in [0.25, 0.3) is 0 Å². The van der Waals surface area contributed by atoms with Crippen molar-refractivity contribution >= 4 is 0 Å². The summed E-state index contributed by atoms with van der Waals surface area (Å²) in [6.45, 7) is 4.76. The summed E-state index contributed by atoms with van der Waals surface area (Å²) in [4.78, 5) is 0. The van der Waals surface area contributed by atoms with E-state index in [9.17, 15) is 26.3 Å². The highest BCUT2D eigenvalue weighted by atomic mass is 19.4. The van der Waals surface area contributed by atoms with Gasteiger partial charge in [0.1, 0.15) is 0 Å². The number of hydrogen-bond acceptors (Lipinski definition) is 0. The van der Waals surface area contributed by atoms with Gasteiger partial charge in [-0.05, 0) is 36.6 Å². The van der Waals surface area contributed by atoms with Crippen LogP contribution in [-0.2, 0) is 5.41 Å². The first-order valence-electron chi connectivity index (χ1n) is 7.27. The van der Waals surface area contributed by atoms with E-state index in [1.807, 2.05) is 0 Å². The minimum absolute atomic E-state index is 0.556. The summed E-state index contributed by atoms with van der Waals surface area (Å²) in [6.07, 6.45) is -9.27. The Morgan fingerprint density at radius 2 is 1.38 bits per heavy atom. The molecule has 2 rings (SSSR count). The maximum Gasteiger partial charge on any atom is 0.411 e. The molecule has 0 saturated heterocycles. The molecule has 0 bridgehead atoms. The Hall–Kier alpha value is -1.94. The van der Waals surface area contributed by atoms with Gasteiger partial charge in [-0.2, -0.15) is 26.3 Å². The van der Waals surface area contributed by atoms with Gasteiger partial charge in [-0.25, -0.2) is 0 Å². The molecule has 0 saturated carbocycles. The fourth-order valence-electron chi connectivity index (χ4n) is 2.78. The Bertz CT molecular complexity index is 695. The smallest absolute Gasteiger partial charge is 0.169 e. The molecule has 0 fully saturated rings. The summed E-state index contributed by atoms with van der Waals surface area (Å²) >= 11 is 0. The monoisotopic (exact) mass is 346 g/mol. The number of aryl methyl sites for hydroxylation is 1. The zero-order valence-corrected chi connectivity index (χ0v) is 13.3. The van der Waals surface area contributed by atoms with Crippen LogP contribution in [0, 0.1) is 12.8 Å². The minimum Gasteiger partial charge on any atom is -0.169 e. The number of hydrogen-bond donors (Lipinski definition) is 0. The molecule has 0 spiro atoms. The maximum absolute atomic E-state index is 13.9. The van der Waals surface area contributed by atoms with Crippen LogP contribution in [0.5, 0.6) is 0 Å². The van der Waals surface area contributed by atoms with E-state index in [2.05, 4.69) is 5.73 Å². The molecule has 1 aliphatic carbocycles. The zero-order chi connectivity index (χ0) is 18.3. The summed E-state index contributed by atoms with van der Waals surface area (Å²) in [5, 5.41) is 0. The van der Waals surface area contributed by atoms with Crippen LogP contribution in [0.3, 0.4) is 0 Å². The van der Waals surface area contributed by atoms with Crippen molar-refractivity contribution in [2.24, 2.45) is 5.92 Å². The second-order valence-corrected chi connectivity index (χ2v) is 5.99. The van der Waals surface area contributed by atoms with Crippen LogP contribution in [0.2, 0.25) is 0 Å². The van der Waals surface area contributed by atoms with E-state index in [1.165, 1.54) is 12.1 Å². The molecule has 1 atom stereocenters. The molecular weight excluding hydrogens is 330 g/mol. The van der Waals surface area contributed by atoms with E-state index >= 15 is 0 Å². The lowest BCUT2D eigenvalue weighted by Crippen LogP contribution is -2.55. The number of benzene rings is 1. The summed E-state index contributed by atoms with van der Waals surface area (Å²) in [6, 6.07) is 4.28. The van der Waals surface area contributed by atoms with Gasteiger partial charge in [0, 0.05) is 5.92 Å². The van der Waals surface area contributed by atoms with Crippen molar-refractivity contribution in [2.75, 3.05) is 0 Å². The molecule has 24 heavy (non-hydrogen) atoms. The number of alkyl halides is 6. The van der Waals surface area contributed by atoms with Crippen LogP contribution >= 0.6 is 0 Å². The fraction of sp³-hybridized carbons (Fsp3) is 0.389. The first-order valence-corrected chi connectivity index (χ1v) is 7.27. The topological polar surface area (TPSA) is 0 Å². The Morgan fingerprint density at radius 1 is 0.875 bits per heavy atom. The quantitative estimate of drug-likeness (QED) is 0.453. The van der Waals surface area contributed by atoms with Crippen molar-refractivity contribution in [1.29, 1.82) is 0 Å². The van der Waals surface area contributed by atoms with Crippen molar-refractivity contribution < 1.29 is 26.3 Å². The van der Waals surface area contributed by atoms with Gasteiger partial charge in [0.15, 0.2) is 0 Å². The SMILES string of the molecule is CC1=C=CC(C(c2ccc(C)cc2)(C(F)(F)F)C(F)(F)F)=CC1C. The highest BCUT2D eigenvalue weighted by Crippen LogP contribution is 2.57. The molecule has 0 heterocycles. The zero-order valence-electron chi connectivity index (χ0n) is 13.3. The molecule has 0 radical (unpaired) electrons. The molecule has 0 aliphatic heterocycles. The number of halogens is 6. The second kappa shape index (κ2) is 5.85. The average molecular weight is 346 g/mol. The van der Waals surface area contributed by atoms with Gasteiger partial charge in [-0.15, -0.1) is 5.73 Å². The molecule has 1 unspecified atom stereocenters. The summed E-state index contributed by atoms with van der Waals surface area (Å²) in [5.41, 5.74) is -2.06. The summed E-state index contributed by atoms with van der Waals surface area (Å²) < 4.78 is 83.1. The van der Waals surface area contributed by atoms with Crippen LogP contribution in [0.1, 0.15) is 25.0 Å². The van der Waals surface area contributed by atoms with E-state index in [1.54, 1.807) is 20.8 Å². The van der Waals surface area contributed by atoms with E-state index in [4.69, 9.17) is 0 Å². The van der Waals surface area contributed by atoms with Gasteiger partial charge in [0.2, 0.25) is 5.41 Å². The molecule has 130 valence electrons. The normalized spacial score (nSPS) is 19.1. The lowest BCUT2D eigenvalue weighted by Gasteiger charge is -2.39. The van der Waals surface area contributed by atoms with Gasteiger partial charge in [-0.3, -0.25) is 0 Å². The van der Waals surface area contributed by atoms with Crippen molar-refractivity contribution in [2.45, 2.75) is 38.5 Å². The summed E-state index contributed by atoms with van der Waals surface area (Å²) in [7, 11) is 0. The molecule has 6 heteroatoms. The first-order chi connectivity index (χ1) is 10.9. The molecule has 0 N–H and O–H groups in total. The van der Waals surface area contributed by atoms with Gasteiger partial charge in [0.25, 0.3) is 0 Å². The Labute approximate surface area is 136 Å². The molecule has 1 aromatic carbocycles. The van der Waals surface area contributed by atoms with E-state index in [0.717, 1.165) is 24.3 Å². The lowest BCUT2D eigenvalue weighted by atomic mass is 9.70. The highest BCUT2D eigenvalue weighted by molar-refractivity contribution is 5.49. The maximum atomic E-state index is 13.9. The summed E-state index contributed by atoms with van der Waals surface area (Å²) in [5.74, 6) is -0.556.